The van der Waals surface area contributed by atoms with Crippen molar-refractivity contribution in [1.82, 2.24) is 0 Å². The average molecular weight is 490 g/mol. The molecular formula is C20H27IO6. The van der Waals surface area contributed by atoms with Crippen LogP contribution in [-0.4, -0.2) is 39.8 Å². The number of benzene rings is 1. The van der Waals surface area contributed by atoms with Gasteiger partial charge in [-0.15, -0.1) is 0 Å². The van der Waals surface area contributed by atoms with Gasteiger partial charge in [0.15, 0.2) is 17.3 Å². The highest BCUT2D eigenvalue weighted by Gasteiger charge is 2.35. The molecule has 0 fully saturated rings. The van der Waals surface area contributed by atoms with Crippen molar-refractivity contribution < 1.29 is 29.3 Å². The van der Waals surface area contributed by atoms with Gasteiger partial charge in [0.1, 0.15) is 11.2 Å². The van der Waals surface area contributed by atoms with Crippen molar-refractivity contribution >= 4 is 34.3 Å². The molecule has 2 N–H and O–H groups in total. The lowest BCUT2D eigenvalue weighted by molar-refractivity contribution is -0.155. The number of carbonyl (C=O) groups is 2. The summed E-state index contributed by atoms with van der Waals surface area (Å²) in [4.78, 5) is 24.4. The van der Waals surface area contributed by atoms with Crippen LogP contribution in [0.1, 0.15) is 57.3 Å². The second-order valence-corrected chi connectivity index (χ2v) is 7.93. The van der Waals surface area contributed by atoms with Gasteiger partial charge in [-0.25, -0.2) is 4.79 Å². The summed E-state index contributed by atoms with van der Waals surface area (Å²) < 4.78 is 11.7. The van der Waals surface area contributed by atoms with E-state index in [0.29, 0.717) is 22.8 Å². The van der Waals surface area contributed by atoms with Crippen LogP contribution in [0.2, 0.25) is 0 Å². The first-order chi connectivity index (χ1) is 12.5. The zero-order valence-corrected chi connectivity index (χ0v) is 18.3. The maximum atomic E-state index is 12.9. The van der Waals surface area contributed by atoms with Crippen LogP contribution >= 0.6 is 22.6 Å². The van der Waals surface area contributed by atoms with Crippen molar-refractivity contribution in [2.45, 2.75) is 58.2 Å². The summed E-state index contributed by atoms with van der Waals surface area (Å²) in [5, 5.41) is 19.5. The number of ether oxygens (including phenoxy) is 2. The Morgan fingerprint density at radius 1 is 1.22 bits per heavy atom. The summed E-state index contributed by atoms with van der Waals surface area (Å²) in [6.45, 7) is 10.8. The smallest absolute Gasteiger partial charge is 0.330 e. The van der Waals surface area contributed by atoms with Crippen molar-refractivity contribution in [2.75, 3.05) is 6.61 Å². The minimum Gasteiger partial charge on any atom is -0.504 e. The van der Waals surface area contributed by atoms with Crippen molar-refractivity contribution in [1.29, 1.82) is 0 Å². The molecule has 27 heavy (non-hydrogen) atoms. The SMILES string of the molecule is C=CC(=O)OC(C)(CC)CCOC(C)(CC)C(=O)c1cc(O)c(O)c(I)c1. The summed E-state index contributed by atoms with van der Waals surface area (Å²) >= 11 is 1.85. The highest BCUT2D eigenvalue weighted by molar-refractivity contribution is 14.1. The van der Waals surface area contributed by atoms with E-state index in [1.807, 2.05) is 43.4 Å². The molecule has 0 radical (unpaired) electrons. The number of rotatable bonds is 10. The van der Waals surface area contributed by atoms with Crippen LogP contribution in [0, 0.1) is 3.57 Å². The fraction of sp³-hybridized carbons (Fsp3) is 0.500. The number of halogens is 1. The molecule has 0 aliphatic heterocycles. The van der Waals surface area contributed by atoms with E-state index in [1.165, 1.54) is 12.1 Å². The van der Waals surface area contributed by atoms with Crippen molar-refractivity contribution in [3.05, 3.63) is 33.9 Å². The Hall–Kier alpha value is -1.61. The molecule has 0 amide bonds. The van der Waals surface area contributed by atoms with Crippen LogP contribution in [0.25, 0.3) is 0 Å². The lowest BCUT2D eigenvalue weighted by atomic mass is 9.91. The van der Waals surface area contributed by atoms with Crippen molar-refractivity contribution in [3.63, 3.8) is 0 Å². The van der Waals surface area contributed by atoms with E-state index in [4.69, 9.17) is 9.47 Å². The largest absolute Gasteiger partial charge is 0.504 e. The van der Waals surface area contributed by atoms with Crippen LogP contribution in [0.15, 0.2) is 24.8 Å². The topological polar surface area (TPSA) is 93.1 Å². The Kier molecular flexibility index (Phi) is 8.28. The number of carbonyl (C=O) groups excluding carboxylic acids is 2. The molecule has 0 spiro atoms. The lowest BCUT2D eigenvalue weighted by Crippen LogP contribution is -2.40. The third-order valence-corrected chi connectivity index (χ3v) is 5.60. The molecule has 0 saturated carbocycles. The minimum atomic E-state index is -1.11. The molecule has 7 heteroatoms. The Labute approximate surface area is 173 Å². The second-order valence-electron chi connectivity index (χ2n) is 6.77. The monoisotopic (exact) mass is 490 g/mol. The van der Waals surface area contributed by atoms with Crippen LogP contribution in [0.4, 0.5) is 0 Å². The van der Waals surface area contributed by atoms with Gasteiger partial charge in [-0.2, -0.15) is 0 Å². The molecule has 0 aliphatic rings. The van der Waals surface area contributed by atoms with Crippen LogP contribution < -0.4 is 0 Å². The van der Waals surface area contributed by atoms with Gasteiger partial charge < -0.3 is 19.7 Å². The fourth-order valence-corrected chi connectivity index (χ4v) is 3.04. The van der Waals surface area contributed by atoms with Gasteiger partial charge in [-0.1, -0.05) is 20.4 Å². The Morgan fingerprint density at radius 3 is 2.33 bits per heavy atom. The van der Waals surface area contributed by atoms with E-state index in [0.717, 1.165) is 6.08 Å². The summed E-state index contributed by atoms with van der Waals surface area (Å²) in [6.07, 6.45) is 2.55. The van der Waals surface area contributed by atoms with E-state index in [2.05, 4.69) is 6.58 Å². The normalized spacial score (nSPS) is 15.4. The summed E-state index contributed by atoms with van der Waals surface area (Å²) in [5.41, 5.74) is -1.56. The van der Waals surface area contributed by atoms with Crippen molar-refractivity contribution in [3.8, 4) is 11.5 Å². The highest BCUT2D eigenvalue weighted by atomic mass is 127. The molecule has 0 bridgehead atoms. The van der Waals surface area contributed by atoms with Gasteiger partial charge in [0.25, 0.3) is 0 Å². The molecule has 1 aromatic carbocycles. The maximum Gasteiger partial charge on any atom is 0.330 e. The Balaban J connectivity index is 2.90. The molecule has 0 aliphatic carbocycles. The molecule has 150 valence electrons. The number of aromatic hydroxyl groups is 2. The molecule has 0 saturated heterocycles. The molecule has 1 rings (SSSR count). The van der Waals surface area contributed by atoms with E-state index >= 15 is 0 Å². The molecule has 0 heterocycles. The molecule has 6 nitrogen and oxygen atoms in total. The van der Waals surface area contributed by atoms with Crippen LogP contribution in [-0.2, 0) is 14.3 Å². The van der Waals surface area contributed by atoms with Gasteiger partial charge in [0.2, 0.25) is 0 Å². The van der Waals surface area contributed by atoms with Crippen molar-refractivity contribution in [2.24, 2.45) is 0 Å². The average Bonchev–Trinajstić information content (AvgIpc) is 2.64. The van der Waals surface area contributed by atoms with Crippen LogP contribution in [0.3, 0.4) is 0 Å². The first-order valence-corrected chi connectivity index (χ1v) is 9.85. The molecular weight excluding hydrogens is 463 g/mol. The number of phenolic OH excluding ortho intramolecular Hbond substituents is 2. The van der Waals surface area contributed by atoms with Crippen LogP contribution in [0.5, 0.6) is 11.5 Å². The summed E-state index contributed by atoms with van der Waals surface area (Å²) in [5.74, 6) is -1.39. The number of hydrogen-bond acceptors (Lipinski definition) is 6. The minimum absolute atomic E-state index is 0.214. The molecule has 0 aromatic heterocycles. The number of esters is 1. The quantitative estimate of drug-likeness (QED) is 0.167. The number of phenols is 2. The van der Waals surface area contributed by atoms with E-state index < -0.39 is 17.2 Å². The predicted octanol–water partition coefficient (Wildman–Crippen LogP) is 4.36. The van der Waals surface area contributed by atoms with E-state index in [1.54, 1.807) is 6.92 Å². The molecule has 2 atom stereocenters. The Morgan fingerprint density at radius 2 is 1.85 bits per heavy atom. The zero-order chi connectivity index (χ0) is 20.8. The number of hydrogen-bond donors (Lipinski definition) is 2. The van der Waals surface area contributed by atoms with Gasteiger partial charge in [0.05, 0.1) is 10.2 Å². The number of Topliss-reactive ketones (excluding diaryl/α,β-unsaturated/α-hetero) is 1. The van der Waals surface area contributed by atoms with Gasteiger partial charge in [-0.05, 0) is 61.4 Å². The third-order valence-electron chi connectivity index (χ3n) is 4.77. The standard InChI is InChI=1S/C20H27IO6/c1-6-16(23)27-19(4,7-2)9-10-26-20(5,8-3)18(25)13-11-14(21)17(24)15(22)12-13/h6,11-12,22,24H,1,7-10H2,2-5H3. The van der Waals surface area contributed by atoms with Gasteiger partial charge in [-0.3, -0.25) is 4.79 Å². The molecule has 1 aromatic rings. The van der Waals surface area contributed by atoms with Gasteiger partial charge in [0, 0.05) is 18.1 Å². The fourth-order valence-electron chi connectivity index (χ4n) is 2.43. The lowest BCUT2D eigenvalue weighted by Gasteiger charge is -2.32. The first-order valence-electron chi connectivity index (χ1n) is 8.77. The van der Waals surface area contributed by atoms with E-state index in [-0.39, 0.29) is 29.5 Å². The summed E-state index contributed by atoms with van der Waals surface area (Å²) in [7, 11) is 0. The van der Waals surface area contributed by atoms with Gasteiger partial charge >= 0.3 is 5.97 Å². The second kappa shape index (κ2) is 9.54. The first kappa shape index (κ1) is 23.4. The number of ketones is 1. The predicted molar refractivity (Wildman–Crippen MR) is 111 cm³/mol. The summed E-state index contributed by atoms with van der Waals surface area (Å²) in [6, 6.07) is 2.75. The van der Waals surface area contributed by atoms with E-state index in [9.17, 15) is 19.8 Å². The zero-order valence-electron chi connectivity index (χ0n) is 16.2. The Bertz CT molecular complexity index is 693. The maximum absolute atomic E-state index is 12.9. The third kappa shape index (κ3) is 5.93. The molecule has 2 unspecified atom stereocenters. The highest BCUT2D eigenvalue weighted by Crippen LogP contribution is 2.34.